The van der Waals surface area contributed by atoms with Crippen LogP contribution in [0.25, 0.3) is 10.8 Å². The second-order valence-corrected chi connectivity index (χ2v) is 11.3. The first kappa shape index (κ1) is 28.5. The summed E-state index contributed by atoms with van der Waals surface area (Å²) in [7, 11) is -3.83. The van der Waals surface area contributed by atoms with Gasteiger partial charge >= 0.3 is 0 Å². The standard InChI is InChI=1S/C28H34ClN3O4S/c1-4-6-18-30-28(34)25(5-2)31(19-22-13-8-10-16-24(22)29)27(33)20-32(37(3,35)36)26-17-11-14-21-12-7-9-15-23(21)26/h7-17,25H,4-6,18-20H2,1-3H3,(H,30,34). The van der Waals surface area contributed by atoms with Crippen LogP contribution in [-0.2, 0) is 26.2 Å². The third-order valence-electron chi connectivity index (χ3n) is 6.23. The molecule has 198 valence electrons. The van der Waals surface area contributed by atoms with Gasteiger partial charge in [-0.05, 0) is 35.9 Å². The summed E-state index contributed by atoms with van der Waals surface area (Å²) in [4.78, 5) is 28.4. The van der Waals surface area contributed by atoms with Gasteiger partial charge in [-0.25, -0.2) is 8.42 Å². The van der Waals surface area contributed by atoms with Gasteiger partial charge in [-0.15, -0.1) is 0 Å². The molecule has 0 aliphatic heterocycles. The van der Waals surface area contributed by atoms with E-state index in [1.807, 2.05) is 50.2 Å². The molecule has 3 aromatic rings. The van der Waals surface area contributed by atoms with Crippen LogP contribution in [0.4, 0.5) is 5.69 Å². The van der Waals surface area contributed by atoms with E-state index in [1.165, 1.54) is 4.90 Å². The molecule has 7 nitrogen and oxygen atoms in total. The number of rotatable bonds is 12. The second-order valence-electron chi connectivity index (χ2n) is 8.95. The number of sulfonamides is 1. The average Bonchev–Trinajstić information content (AvgIpc) is 2.87. The van der Waals surface area contributed by atoms with E-state index in [1.54, 1.807) is 30.3 Å². The van der Waals surface area contributed by atoms with E-state index < -0.39 is 28.5 Å². The van der Waals surface area contributed by atoms with E-state index >= 15 is 0 Å². The molecule has 0 aliphatic carbocycles. The summed E-state index contributed by atoms with van der Waals surface area (Å²) in [6, 6.07) is 19.1. The minimum atomic E-state index is -3.83. The quantitative estimate of drug-likeness (QED) is 0.326. The van der Waals surface area contributed by atoms with Crippen molar-refractivity contribution in [1.82, 2.24) is 10.2 Å². The Morgan fingerprint density at radius 1 is 0.973 bits per heavy atom. The van der Waals surface area contributed by atoms with Gasteiger partial charge in [-0.2, -0.15) is 0 Å². The number of unbranched alkanes of at least 4 members (excludes halogenated alkanes) is 1. The third-order valence-corrected chi connectivity index (χ3v) is 7.72. The molecule has 0 heterocycles. The van der Waals surface area contributed by atoms with Gasteiger partial charge in [0.2, 0.25) is 21.8 Å². The van der Waals surface area contributed by atoms with Crippen molar-refractivity contribution in [2.24, 2.45) is 0 Å². The number of halogens is 1. The molecule has 1 N–H and O–H groups in total. The number of benzene rings is 3. The predicted molar refractivity (Wildman–Crippen MR) is 150 cm³/mol. The Kier molecular flexibility index (Phi) is 9.94. The first-order valence-electron chi connectivity index (χ1n) is 12.4. The smallest absolute Gasteiger partial charge is 0.244 e. The van der Waals surface area contributed by atoms with Gasteiger partial charge in [0, 0.05) is 23.5 Å². The minimum Gasteiger partial charge on any atom is -0.354 e. The molecule has 1 unspecified atom stereocenters. The first-order chi connectivity index (χ1) is 17.7. The van der Waals surface area contributed by atoms with Crippen molar-refractivity contribution in [1.29, 1.82) is 0 Å². The summed E-state index contributed by atoms with van der Waals surface area (Å²) < 4.78 is 27.0. The highest BCUT2D eigenvalue weighted by Gasteiger charge is 2.32. The van der Waals surface area contributed by atoms with Crippen LogP contribution in [0.2, 0.25) is 5.02 Å². The number of amides is 2. The lowest BCUT2D eigenvalue weighted by molar-refractivity contribution is -0.140. The maximum Gasteiger partial charge on any atom is 0.244 e. The first-order valence-corrected chi connectivity index (χ1v) is 14.7. The van der Waals surface area contributed by atoms with Crippen LogP contribution >= 0.6 is 11.6 Å². The van der Waals surface area contributed by atoms with Crippen molar-refractivity contribution in [2.75, 3.05) is 23.7 Å². The molecular weight excluding hydrogens is 510 g/mol. The Morgan fingerprint density at radius 2 is 1.65 bits per heavy atom. The highest BCUT2D eigenvalue weighted by atomic mass is 35.5. The molecule has 3 aromatic carbocycles. The zero-order valence-electron chi connectivity index (χ0n) is 21.5. The van der Waals surface area contributed by atoms with Gasteiger partial charge in [0.15, 0.2) is 0 Å². The third kappa shape index (κ3) is 7.23. The van der Waals surface area contributed by atoms with Crippen molar-refractivity contribution in [3.63, 3.8) is 0 Å². The SMILES string of the molecule is CCCCNC(=O)C(CC)N(Cc1ccccc1Cl)C(=O)CN(c1cccc2ccccc12)S(C)(=O)=O. The lowest BCUT2D eigenvalue weighted by atomic mass is 10.1. The number of carbonyl (C=O) groups excluding carboxylic acids is 2. The number of carbonyl (C=O) groups is 2. The molecule has 0 bridgehead atoms. The van der Waals surface area contributed by atoms with Crippen LogP contribution in [0.3, 0.4) is 0 Å². The van der Waals surface area contributed by atoms with Crippen molar-refractivity contribution < 1.29 is 18.0 Å². The Balaban J connectivity index is 2.00. The molecule has 1 atom stereocenters. The summed E-state index contributed by atoms with van der Waals surface area (Å²) in [6.07, 6.45) is 3.19. The van der Waals surface area contributed by atoms with Gasteiger partial charge in [0.05, 0.1) is 11.9 Å². The van der Waals surface area contributed by atoms with Crippen LogP contribution in [0, 0.1) is 0 Å². The van der Waals surface area contributed by atoms with Gasteiger partial charge in [-0.1, -0.05) is 86.5 Å². The minimum absolute atomic E-state index is 0.0748. The molecule has 3 rings (SSSR count). The number of nitrogens with zero attached hydrogens (tertiary/aromatic N) is 2. The summed E-state index contributed by atoms with van der Waals surface area (Å²) in [6.45, 7) is 3.99. The second kappa shape index (κ2) is 12.9. The number of hydrogen-bond acceptors (Lipinski definition) is 4. The molecule has 0 aliphatic rings. The largest absolute Gasteiger partial charge is 0.354 e. The fourth-order valence-electron chi connectivity index (χ4n) is 4.26. The molecule has 0 spiro atoms. The van der Waals surface area contributed by atoms with Crippen LogP contribution in [0.1, 0.15) is 38.7 Å². The average molecular weight is 544 g/mol. The molecule has 2 amide bonds. The molecule has 0 saturated carbocycles. The van der Waals surface area contributed by atoms with E-state index in [-0.39, 0.29) is 12.5 Å². The van der Waals surface area contributed by atoms with Gasteiger partial charge in [-0.3, -0.25) is 13.9 Å². The zero-order valence-corrected chi connectivity index (χ0v) is 23.1. The fourth-order valence-corrected chi connectivity index (χ4v) is 5.31. The summed E-state index contributed by atoms with van der Waals surface area (Å²) in [5, 5.41) is 4.95. The molecule has 0 aromatic heterocycles. The summed E-state index contributed by atoms with van der Waals surface area (Å²) >= 11 is 6.40. The highest BCUT2D eigenvalue weighted by molar-refractivity contribution is 7.92. The monoisotopic (exact) mass is 543 g/mol. The number of fused-ring (bicyclic) bond motifs is 1. The molecular formula is C28H34ClN3O4S. The Bertz CT molecular complexity index is 1340. The van der Waals surface area contributed by atoms with E-state index in [9.17, 15) is 18.0 Å². The highest BCUT2D eigenvalue weighted by Crippen LogP contribution is 2.29. The van der Waals surface area contributed by atoms with Crippen molar-refractivity contribution in [3.8, 4) is 0 Å². The van der Waals surface area contributed by atoms with Crippen molar-refractivity contribution >= 4 is 49.9 Å². The normalized spacial score (nSPS) is 12.2. The Labute approximate surface area is 224 Å². The molecule has 0 saturated heterocycles. The predicted octanol–water partition coefficient (Wildman–Crippen LogP) is 4.98. The van der Waals surface area contributed by atoms with E-state index in [0.717, 1.165) is 28.8 Å². The fraction of sp³-hybridized carbons (Fsp3) is 0.357. The van der Waals surface area contributed by atoms with Crippen molar-refractivity contribution in [2.45, 2.75) is 45.7 Å². The van der Waals surface area contributed by atoms with Crippen LogP contribution in [-0.4, -0.2) is 50.5 Å². The van der Waals surface area contributed by atoms with Gasteiger partial charge in [0.1, 0.15) is 12.6 Å². The van der Waals surface area contributed by atoms with Crippen LogP contribution < -0.4 is 9.62 Å². The number of anilines is 1. The molecule has 0 radical (unpaired) electrons. The van der Waals surface area contributed by atoms with Crippen LogP contribution in [0.15, 0.2) is 66.7 Å². The maximum absolute atomic E-state index is 13.9. The topological polar surface area (TPSA) is 86.8 Å². The maximum atomic E-state index is 13.9. The molecule has 37 heavy (non-hydrogen) atoms. The Morgan fingerprint density at radius 3 is 2.32 bits per heavy atom. The van der Waals surface area contributed by atoms with Gasteiger partial charge in [0.25, 0.3) is 0 Å². The number of nitrogens with one attached hydrogen (secondary N) is 1. The number of hydrogen-bond donors (Lipinski definition) is 1. The summed E-state index contributed by atoms with van der Waals surface area (Å²) in [5.74, 6) is -0.761. The van der Waals surface area contributed by atoms with Crippen LogP contribution in [0.5, 0.6) is 0 Å². The van der Waals surface area contributed by atoms with Gasteiger partial charge < -0.3 is 10.2 Å². The van der Waals surface area contributed by atoms with Crippen molar-refractivity contribution in [3.05, 3.63) is 77.3 Å². The summed E-state index contributed by atoms with van der Waals surface area (Å²) in [5.41, 5.74) is 1.08. The lowest BCUT2D eigenvalue weighted by Gasteiger charge is -2.33. The molecule has 0 fully saturated rings. The van der Waals surface area contributed by atoms with E-state index in [0.29, 0.717) is 34.6 Å². The van der Waals surface area contributed by atoms with E-state index in [4.69, 9.17) is 11.6 Å². The lowest BCUT2D eigenvalue weighted by Crippen LogP contribution is -2.52. The Hall–Kier alpha value is -3.10. The van der Waals surface area contributed by atoms with E-state index in [2.05, 4.69) is 5.32 Å². The molecule has 9 heteroatoms. The zero-order chi connectivity index (χ0) is 27.0.